The number of anilines is 1. The number of carboxylic acid groups (broad SMARTS) is 1. The second-order valence-electron chi connectivity index (χ2n) is 6.86. The van der Waals surface area contributed by atoms with Gasteiger partial charge in [0.1, 0.15) is 0 Å². The van der Waals surface area contributed by atoms with Gasteiger partial charge in [0.05, 0.1) is 12.0 Å². The topological polar surface area (TPSA) is 52.2 Å². The molecule has 1 aliphatic heterocycles. The van der Waals surface area contributed by atoms with E-state index in [1.54, 1.807) is 12.1 Å². The van der Waals surface area contributed by atoms with E-state index in [-0.39, 0.29) is 11.6 Å². The zero-order valence-corrected chi connectivity index (χ0v) is 13.9. The lowest BCUT2D eigenvalue weighted by atomic mass is 9.76. The van der Waals surface area contributed by atoms with Gasteiger partial charge in [-0.1, -0.05) is 48.6 Å². The number of hydrogen-bond acceptors (Lipinski definition) is 3. The smallest absolute Gasteiger partial charge is 0.0715 e. The third kappa shape index (κ3) is 2.23. The minimum Gasteiger partial charge on any atom is -0.545 e. The highest BCUT2D eigenvalue weighted by molar-refractivity contribution is 5.85. The van der Waals surface area contributed by atoms with Crippen LogP contribution in [-0.4, -0.2) is 5.97 Å². The molecule has 24 heavy (non-hydrogen) atoms. The van der Waals surface area contributed by atoms with Gasteiger partial charge in [0.25, 0.3) is 0 Å². The number of carbonyl (C=O) groups excluding carboxylic acids is 1. The van der Waals surface area contributed by atoms with Gasteiger partial charge in [-0.2, -0.15) is 0 Å². The lowest BCUT2D eigenvalue weighted by Crippen LogP contribution is -2.30. The highest BCUT2D eigenvalue weighted by Gasteiger charge is 2.38. The molecule has 0 radical (unpaired) electrons. The molecule has 2 aromatic carbocycles. The van der Waals surface area contributed by atoms with E-state index in [9.17, 15) is 9.90 Å². The molecule has 3 atom stereocenters. The largest absolute Gasteiger partial charge is 0.545 e. The molecule has 1 aliphatic carbocycles. The van der Waals surface area contributed by atoms with E-state index < -0.39 is 5.97 Å². The Morgan fingerprint density at radius 1 is 1.12 bits per heavy atom. The summed E-state index contributed by atoms with van der Waals surface area (Å²) < 4.78 is 0. The summed E-state index contributed by atoms with van der Waals surface area (Å²) in [5.41, 5.74) is 6.54. The molecule has 122 valence electrons. The van der Waals surface area contributed by atoms with Crippen LogP contribution in [-0.2, 0) is 0 Å². The molecule has 0 saturated heterocycles. The van der Waals surface area contributed by atoms with Crippen molar-refractivity contribution in [3.63, 3.8) is 0 Å². The maximum atomic E-state index is 11.0. The van der Waals surface area contributed by atoms with E-state index in [1.165, 1.54) is 22.4 Å². The predicted octanol–water partition coefficient (Wildman–Crippen LogP) is 3.49. The first kappa shape index (κ1) is 15.0. The number of rotatable bonds is 2. The van der Waals surface area contributed by atoms with Crippen molar-refractivity contribution in [1.29, 1.82) is 0 Å². The molecular formula is C21H20NO2-. The summed E-state index contributed by atoms with van der Waals surface area (Å²) in [6.45, 7) is 4.30. The fraction of sp³-hybridized carbons (Fsp3) is 0.286. The van der Waals surface area contributed by atoms with Crippen LogP contribution in [0.4, 0.5) is 5.69 Å². The highest BCUT2D eigenvalue weighted by atomic mass is 16.4. The van der Waals surface area contributed by atoms with E-state index in [0.29, 0.717) is 11.8 Å². The van der Waals surface area contributed by atoms with Crippen molar-refractivity contribution in [2.75, 3.05) is 5.32 Å². The summed E-state index contributed by atoms with van der Waals surface area (Å²) in [6, 6.07) is 11.7. The van der Waals surface area contributed by atoms with Gasteiger partial charge >= 0.3 is 0 Å². The quantitative estimate of drug-likeness (QED) is 0.862. The summed E-state index contributed by atoms with van der Waals surface area (Å²) in [6.07, 6.45) is 5.63. The van der Waals surface area contributed by atoms with Gasteiger partial charge in [0.15, 0.2) is 0 Å². The van der Waals surface area contributed by atoms with Crippen LogP contribution >= 0.6 is 0 Å². The Kier molecular flexibility index (Phi) is 3.45. The number of hydrogen-bond donors (Lipinski definition) is 1. The van der Waals surface area contributed by atoms with Crippen LogP contribution in [0.5, 0.6) is 0 Å². The van der Waals surface area contributed by atoms with Crippen molar-refractivity contribution in [3.8, 4) is 0 Å². The third-order valence-corrected chi connectivity index (χ3v) is 5.57. The fourth-order valence-corrected chi connectivity index (χ4v) is 4.08. The Hall–Kier alpha value is -2.55. The first-order chi connectivity index (χ1) is 11.6. The van der Waals surface area contributed by atoms with Crippen molar-refractivity contribution in [3.05, 3.63) is 76.4 Å². The first-order valence-corrected chi connectivity index (χ1v) is 8.41. The Morgan fingerprint density at radius 3 is 2.58 bits per heavy atom. The van der Waals surface area contributed by atoms with Gasteiger partial charge in [-0.3, -0.25) is 0 Å². The number of nitrogens with one attached hydrogen (secondary N) is 1. The molecule has 3 nitrogen and oxygen atoms in total. The van der Waals surface area contributed by atoms with E-state index in [2.05, 4.69) is 43.4 Å². The average molecular weight is 318 g/mol. The SMILES string of the molecule is Cc1ccc2c(c1C)N[C@H](c1ccc(C(=O)[O-])cc1)[C@H]1CC=C[C@@H]21. The van der Waals surface area contributed by atoms with Crippen LogP contribution in [0, 0.1) is 19.8 Å². The number of carboxylic acids is 1. The molecule has 0 saturated carbocycles. The monoisotopic (exact) mass is 318 g/mol. The number of fused-ring (bicyclic) bond motifs is 3. The zero-order chi connectivity index (χ0) is 16.8. The van der Waals surface area contributed by atoms with Crippen molar-refractivity contribution in [1.82, 2.24) is 0 Å². The number of aryl methyl sites for hydroxylation is 1. The summed E-state index contributed by atoms with van der Waals surface area (Å²) in [4.78, 5) is 11.0. The van der Waals surface area contributed by atoms with E-state index >= 15 is 0 Å². The molecule has 0 amide bonds. The van der Waals surface area contributed by atoms with Gasteiger partial charge in [-0.25, -0.2) is 0 Å². The Balaban J connectivity index is 1.77. The van der Waals surface area contributed by atoms with Crippen LogP contribution in [0.15, 0.2) is 48.6 Å². The minimum absolute atomic E-state index is 0.189. The molecule has 2 aromatic rings. The molecule has 0 aromatic heterocycles. The number of benzene rings is 2. The lowest BCUT2D eigenvalue weighted by molar-refractivity contribution is -0.255. The maximum absolute atomic E-state index is 11.0. The summed E-state index contributed by atoms with van der Waals surface area (Å²) in [7, 11) is 0. The lowest BCUT2D eigenvalue weighted by Gasteiger charge is -2.38. The van der Waals surface area contributed by atoms with Gasteiger partial charge in [0, 0.05) is 11.6 Å². The molecule has 2 aliphatic rings. The van der Waals surface area contributed by atoms with Crippen LogP contribution < -0.4 is 10.4 Å². The number of aromatic carboxylic acids is 1. The second-order valence-corrected chi connectivity index (χ2v) is 6.86. The van der Waals surface area contributed by atoms with E-state index in [4.69, 9.17) is 0 Å². The molecule has 0 unspecified atom stereocenters. The normalized spacial score (nSPS) is 24.2. The molecule has 4 rings (SSSR count). The minimum atomic E-state index is -1.13. The molecule has 1 heterocycles. The Labute approximate surface area is 142 Å². The summed E-state index contributed by atoms with van der Waals surface area (Å²) >= 11 is 0. The highest BCUT2D eigenvalue weighted by Crippen LogP contribution is 2.50. The van der Waals surface area contributed by atoms with Crippen LogP contribution in [0.1, 0.15) is 51.0 Å². The van der Waals surface area contributed by atoms with Gasteiger partial charge < -0.3 is 15.2 Å². The van der Waals surface area contributed by atoms with Crippen molar-refractivity contribution in [2.24, 2.45) is 5.92 Å². The molecule has 3 heteroatoms. The fourth-order valence-electron chi connectivity index (χ4n) is 4.08. The molecule has 0 fully saturated rings. The molecule has 0 bridgehead atoms. The molecule has 1 N–H and O–H groups in total. The Morgan fingerprint density at radius 2 is 1.88 bits per heavy atom. The van der Waals surface area contributed by atoms with Crippen molar-refractivity contribution in [2.45, 2.75) is 32.2 Å². The van der Waals surface area contributed by atoms with Gasteiger partial charge in [0.2, 0.25) is 0 Å². The number of carbonyl (C=O) groups is 1. The van der Waals surface area contributed by atoms with Crippen molar-refractivity contribution >= 4 is 11.7 Å². The van der Waals surface area contributed by atoms with Crippen molar-refractivity contribution < 1.29 is 9.90 Å². The van der Waals surface area contributed by atoms with Gasteiger partial charge in [-0.15, -0.1) is 0 Å². The Bertz CT molecular complexity index is 836. The third-order valence-electron chi connectivity index (χ3n) is 5.57. The van der Waals surface area contributed by atoms with E-state index in [1.807, 2.05) is 12.1 Å². The molecular weight excluding hydrogens is 298 g/mol. The maximum Gasteiger partial charge on any atom is 0.0715 e. The average Bonchev–Trinajstić information content (AvgIpc) is 3.07. The van der Waals surface area contributed by atoms with Crippen LogP contribution in [0.2, 0.25) is 0 Å². The summed E-state index contributed by atoms with van der Waals surface area (Å²) in [5.74, 6) is -0.241. The summed E-state index contributed by atoms with van der Waals surface area (Å²) in [5, 5.41) is 14.7. The second kappa shape index (κ2) is 5.52. The standard InChI is InChI=1S/C21H21NO2/c1-12-6-11-18-16-4-3-5-17(16)20(22-19(18)13(12)2)14-7-9-15(10-8-14)21(23)24/h3-4,6-11,16-17,20,22H,5H2,1-2H3,(H,23,24)/p-1/t16-,17+,20-/m1/s1. The van der Waals surface area contributed by atoms with E-state index in [0.717, 1.165) is 12.0 Å². The molecule has 0 spiro atoms. The van der Waals surface area contributed by atoms with Crippen LogP contribution in [0.3, 0.4) is 0 Å². The zero-order valence-electron chi connectivity index (χ0n) is 13.9. The van der Waals surface area contributed by atoms with Crippen LogP contribution in [0.25, 0.3) is 0 Å². The number of allylic oxidation sites excluding steroid dienone is 2. The first-order valence-electron chi connectivity index (χ1n) is 8.41. The predicted molar refractivity (Wildman–Crippen MR) is 93.0 cm³/mol. The van der Waals surface area contributed by atoms with Gasteiger partial charge in [-0.05, 0) is 54.0 Å².